The van der Waals surface area contributed by atoms with Crippen molar-refractivity contribution >= 4 is 38.1 Å². The van der Waals surface area contributed by atoms with Gasteiger partial charge in [0.2, 0.25) is 16.7 Å². The van der Waals surface area contributed by atoms with Crippen molar-refractivity contribution in [2.24, 2.45) is 5.92 Å². The van der Waals surface area contributed by atoms with E-state index < -0.39 is 0 Å². The topological polar surface area (TPSA) is 12.2 Å². The molecule has 1 aliphatic rings. The molecule has 0 saturated carbocycles. The van der Waals surface area contributed by atoms with Gasteiger partial charge in [-0.1, -0.05) is 121 Å². The first-order chi connectivity index (χ1) is 27.3. The minimum Gasteiger partial charge on any atom is -0.319 e. The van der Waals surface area contributed by atoms with Crippen molar-refractivity contribution < 1.29 is 9.13 Å². The van der Waals surface area contributed by atoms with Gasteiger partial charge in [-0.05, 0) is 83.3 Å². The minimum absolute atomic E-state index is 0.120. The van der Waals surface area contributed by atoms with E-state index in [1.54, 1.807) is 0 Å². The Morgan fingerprint density at radius 2 is 1.50 bits per heavy atom. The van der Waals surface area contributed by atoms with Crippen molar-refractivity contribution in [1.29, 1.82) is 0 Å². The summed E-state index contributed by atoms with van der Waals surface area (Å²) in [6.07, 6.45) is 10.6. The summed E-state index contributed by atoms with van der Waals surface area (Å²) in [5.74, 6) is 1.10. The maximum absolute atomic E-state index is 2.73. The number of fused-ring (bicyclic) bond motifs is 10. The summed E-state index contributed by atoms with van der Waals surface area (Å²) < 4.78 is 7.90. The highest BCUT2D eigenvalue weighted by molar-refractivity contribution is 6.18. The van der Waals surface area contributed by atoms with Crippen molar-refractivity contribution in [3.63, 3.8) is 0 Å². The molecular formula is C53H57N3+2. The standard InChI is InChI=1S/C53H57N3/c1-8-11-19-37(7)44-32-47-40-22-15-16-24-42(40)51(53(9-2,10-3)56(47)34-45(44)38-20-13-12-14-21-38)49-31-39-26-27-43-41-23-17-18-25-46(41)55(33-35(4)5)52(43)50(39)48-30-36(6)28-29-54(48)49/h12-18,20-32,34-35,37,51H,8-11,19,33H2,1-7H3/q+2. The average molecular weight is 736 g/mol. The maximum atomic E-state index is 2.73. The molecule has 5 heterocycles. The second kappa shape index (κ2) is 14.3. The minimum atomic E-state index is -0.201. The summed E-state index contributed by atoms with van der Waals surface area (Å²) in [6, 6.07) is 44.2. The molecular weight excluding hydrogens is 679 g/mol. The van der Waals surface area contributed by atoms with E-state index in [1.165, 1.54) is 102 Å². The van der Waals surface area contributed by atoms with Gasteiger partial charge in [0, 0.05) is 48.3 Å². The Kier molecular flexibility index (Phi) is 9.31. The number of aryl methyl sites for hydroxylation is 1. The van der Waals surface area contributed by atoms with Crippen LogP contribution in [0.1, 0.15) is 108 Å². The Balaban J connectivity index is 1.37. The smallest absolute Gasteiger partial charge is 0.223 e. The molecule has 3 heteroatoms. The highest BCUT2D eigenvalue weighted by Crippen LogP contribution is 2.51. The molecule has 0 spiro atoms. The normalized spacial score (nSPS) is 15.5. The van der Waals surface area contributed by atoms with Crippen molar-refractivity contribution in [3.05, 3.63) is 150 Å². The third-order valence-corrected chi connectivity index (χ3v) is 13.3. The van der Waals surface area contributed by atoms with E-state index in [1.807, 2.05) is 0 Å². The Hall–Kier alpha value is -5.28. The molecule has 2 atom stereocenters. The maximum Gasteiger partial charge on any atom is 0.223 e. The van der Waals surface area contributed by atoms with Crippen LogP contribution in [0.25, 0.3) is 60.5 Å². The van der Waals surface area contributed by atoms with Crippen LogP contribution >= 0.6 is 0 Å². The molecule has 9 rings (SSSR count). The van der Waals surface area contributed by atoms with Crippen LogP contribution in [-0.2, 0) is 12.1 Å². The number of benzene rings is 4. The molecule has 4 aromatic heterocycles. The van der Waals surface area contributed by atoms with Gasteiger partial charge in [-0.15, -0.1) is 0 Å². The fraction of sp³-hybridized carbons (Fsp3) is 0.321. The van der Waals surface area contributed by atoms with E-state index in [-0.39, 0.29) is 11.5 Å². The van der Waals surface area contributed by atoms with Gasteiger partial charge in [-0.25, -0.2) is 0 Å². The molecule has 0 aliphatic carbocycles. The number of aromatic nitrogens is 3. The SMILES string of the molecule is CCCCC(C)c1cc2[n+](cc1-c1ccccc1)C(CC)(CC)C(c1cc3ccc4c5ccccc5[n+](CC(C)C)c4c3c3cc(C)ccn13)c1ccccc1-2. The molecule has 0 fully saturated rings. The lowest BCUT2D eigenvalue weighted by Gasteiger charge is -2.41. The predicted octanol–water partition coefficient (Wildman–Crippen LogP) is 13.2. The molecule has 0 bridgehead atoms. The van der Waals surface area contributed by atoms with Crippen molar-refractivity contribution in [2.45, 2.75) is 104 Å². The molecule has 56 heavy (non-hydrogen) atoms. The van der Waals surface area contributed by atoms with Gasteiger partial charge < -0.3 is 4.40 Å². The van der Waals surface area contributed by atoms with Crippen molar-refractivity contribution in [1.82, 2.24) is 4.40 Å². The molecule has 1 aliphatic heterocycles. The third-order valence-electron chi connectivity index (χ3n) is 13.3. The van der Waals surface area contributed by atoms with E-state index in [2.05, 4.69) is 190 Å². The molecule has 0 N–H and O–H groups in total. The number of hydrogen-bond acceptors (Lipinski definition) is 0. The number of rotatable bonds is 10. The average Bonchev–Trinajstić information content (AvgIpc) is 3.54. The lowest BCUT2D eigenvalue weighted by atomic mass is 9.68. The molecule has 2 unspecified atom stereocenters. The third kappa shape index (κ3) is 5.60. The first kappa shape index (κ1) is 36.4. The van der Waals surface area contributed by atoms with E-state index in [0.717, 1.165) is 19.4 Å². The Bertz CT molecular complexity index is 2750. The fourth-order valence-corrected chi connectivity index (χ4v) is 10.5. The summed E-state index contributed by atoms with van der Waals surface area (Å²) in [4.78, 5) is 0. The number of hydrogen-bond donors (Lipinski definition) is 0. The lowest BCUT2D eigenvalue weighted by Crippen LogP contribution is -2.62. The van der Waals surface area contributed by atoms with Crippen molar-refractivity contribution in [2.75, 3.05) is 0 Å². The summed E-state index contributed by atoms with van der Waals surface area (Å²) >= 11 is 0. The van der Waals surface area contributed by atoms with Crippen molar-refractivity contribution in [3.8, 4) is 22.4 Å². The molecule has 8 aromatic rings. The second-order valence-corrected chi connectivity index (χ2v) is 17.1. The van der Waals surface area contributed by atoms with Crippen LogP contribution in [0.2, 0.25) is 0 Å². The lowest BCUT2D eigenvalue weighted by molar-refractivity contribution is -0.761. The highest BCUT2D eigenvalue weighted by atomic mass is 15.1. The van der Waals surface area contributed by atoms with Gasteiger partial charge >= 0.3 is 0 Å². The van der Waals surface area contributed by atoms with E-state index >= 15 is 0 Å². The summed E-state index contributed by atoms with van der Waals surface area (Å²) in [6.45, 7) is 17.5. The number of nitrogens with zero attached hydrogens (tertiary/aromatic N) is 3. The summed E-state index contributed by atoms with van der Waals surface area (Å²) in [5, 5.41) is 5.33. The zero-order chi connectivity index (χ0) is 38.7. The monoisotopic (exact) mass is 735 g/mol. The molecule has 0 radical (unpaired) electrons. The van der Waals surface area contributed by atoms with Crippen LogP contribution in [-0.4, -0.2) is 4.40 Å². The number of para-hydroxylation sites is 1. The first-order valence-corrected chi connectivity index (χ1v) is 21.3. The van der Waals surface area contributed by atoms with Gasteiger partial charge in [0.25, 0.3) is 0 Å². The number of pyridine rings is 3. The largest absolute Gasteiger partial charge is 0.319 e. The molecule has 0 amide bonds. The van der Waals surface area contributed by atoms with Crippen LogP contribution in [0.15, 0.2) is 128 Å². The van der Waals surface area contributed by atoms with Crippen LogP contribution in [0, 0.1) is 12.8 Å². The van der Waals surface area contributed by atoms with Gasteiger partial charge in [-0.2, -0.15) is 9.13 Å². The van der Waals surface area contributed by atoms with Gasteiger partial charge in [0.05, 0.1) is 33.2 Å². The van der Waals surface area contributed by atoms with Crippen LogP contribution in [0.3, 0.4) is 0 Å². The van der Waals surface area contributed by atoms with Gasteiger partial charge in [0.1, 0.15) is 0 Å². The Morgan fingerprint density at radius 1 is 0.750 bits per heavy atom. The molecule has 282 valence electrons. The zero-order valence-electron chi connectivity index (χ0n) is 34.4. The molecule has 0 saturated heterocycles. The van der Waals surface area contributed by atoms with Crippen LogP contribution < -0.4 is 9.13 Å². The first-order valence-electron chi connectivity index (χ1n) is 21.3. The van der Waals surface area contributed by atoms with E-state index in [0.29, 0.717) is 11.8 Å². The quantitative estimate of drug-likeness (QED) is 0.0979. The van der Waals surface area contributed by atoms with E-state index in [4.69, 9.17) is 0 Å². The summed E-state index contributed by atoms with van der Waals surface area (Å²) in [7, 11) is 0. The Labute approximate surface area is 333 Å². The summed E-state index contributed by atoms with van der Waals surface area (Å²) in [5.41, 5.74) is 14.7. The van der Waals surface area contributed by atoms with Crippen LogP contribution in [0.4, 0.5) is 0 Å². The fourth-order valence-electron chi connectivity index (χ4n) is 10.5. The highest BCUT2D eigenvalue weighted by Gasteiger charge is 2.53. The van der Waals surface area contributed by atoms with Gasteiger partial charge in [-0.3, -0.25) is 0 Å². The molecule has 3 nitrogen and oxygen atoms in total. The van der Waals surface area contributed by atoms with Gasteiger partial charge in [0.15, 0.2) is 18.3 Å². The number of unbranched alkanes of at least 4 members (excludes halogenated alkanes) is 1. The zero-order valence-corrected chi connectivity index (χ0v) is 34.4. The predicted molar refractivity (Wildman–Crippen MR) is 236 cm³/mol. The Morgan fingerprint density at radius 3 is 2.27 bits per heavy atom. The second-order valence-electron chi connectivity index (χ2n) is 17.1. The molecule has 4 aromatic carbocycles. The van der Waals surface area contributed by atoms with Crippen LogP contribution in [0.5, 0.6) is 0 Å². The van der Waals surface area contributed by atoms with E-state index in [9.17, 15) is 0 Å².